The van der Waals surface area contributed by atoms with Crippen molar-refractivity contribution in [3.63, 3.8) is 0 Å². The first kappa shape index (κ1) is 16.7. The van der Waals surface area contributed by atoms with Crippen LogP contribution in [0.5, 0.6) is 0 Å². The standard InChI is InChI=1S/C19H25N3O3/c23-17-9-12-24-13-15(17)16-7-4-10-22(16)11-8-18-20-19(21-25-18)14-5-2-1-3-6-14/h1-3,5-6,15-17,23H,4,7-13H2/t15-,16+,17+/m0/s1. The van der Waals surface area contributed by atoms with Crippen molar-refractivity contribution in [2.24, 2.45) is 5.92 Å². The van der Waals surface area contributed by atoms with Gasteiger partial charge in [-0.15, -0.1) is 0 Å². The predicted octanol–water partition coefficient (Wildman–Crippen LogP) is 2.14. The van der Waals surface area contributed by atoms with Crippen LogP contribution in [0.3, 0.4) is 0 Å². The van der Waals surface area contributed by atoms with Crippen LogP contribution in [-0.2, 0) is 11.2 Å². The molecule has 25 heavy (non-hydrogen) atoms. The topological polar surface area (TPSA) is 71.6 Å². The average Bonchev–Trinajstić information content (AvgIpc) is 3.30. The van der Waals surface area contributed by atoms with Crippen molar-refractivity contribution in [2.45, 2.75) is 37.8 Å². The molecule has 0 amide bonds. The Morgan fingerprint density at radius 1 is 1.20 bits per heavy atom. The number of aliphatic hydroxyl groups is 1. The minimum absolute atomic E-state index is 0.221. The summed E-state index contributed by atoms with van der Waals surface area (Å²) in [6, 6.07) is 10.3. The number of nitrogens with zero attached hydrogens (tertiary/aromatic N) is 3. The zero-order valence-electron chi connectivity index (χ0n) is 14.4. The minimum Gasteiger partial charge on any atom is -0.393 e. The fraction of sp³-hybridized carbons (Fsp3) is 0.579. The van der Waals surface area contributed by atoms with Gasteiger partial charge in [-0.05, 0) is 25.8 Å². The quantitative estimate of drug-likeness (QED) is 0.897. The number of aromatic nitrogens is 2. The van der Waals surface area contributed by atoms with Gasteiger partial charge in [0.15, 0.2) is 0 Å². The molecule has 2 aromatic rings. The van der Waals surface area contributed by atoms with E-state index in [-0.39, 0.29) is 12.0 Å². The molecular formula is C19H25N3O3. The lowest BCUT2D eigenvalue weighted by Gasteiger charge is -2.36. The third-order valence-corrected chi connectivity index (χ3v) is 5.38. The smallest absolute Gasteiger partial charge is 0.228 e. The predicted molar refractivity (Wildman–Crippen MR) is 93.0 cm³/mol. The fourth-order valence-electron chi connectivity index (χ4n) is 4.03. The number of likely N-dealkylation sites (tertiary alicyclic amines) is 1. The largest absolute Gasteiger partial charge is 0.393 e. The van der Waals surface area contributed by atoms with Crippen LogP contribution in [-0.4, -0.2) is 58.6 Å². The lowest BCUT2D eigenvalue weighted by molar-refractivity contribution is -0.0625. The highest BCUT2D eigenvalue weighted by Crippen LogP contribution is 2.30. The SMILES string of the molecule is O[C@@H]1CCOC[C@H]1[C@H]1CCCN1CCc1nc(-c2ccccc2)no1. The highest BCUT2D eigenvalue weighted by Gasteiger charge is 2.37. The van der Waals surface area contributed by atoms with Crippen LogP contribution in [0.1, 0.15) is 25.2 Å². The number of rotatable bonds is 5. The lowest BCUT2D eigenvalue weighted by atomic mass is 9.89. The Morgan fingerprint density at radius 2 is 2.08 bits per heavy atom. The Hall–Kier alpha value is -1.76. The summed E-state index contributed by atoms with van der Waals surface area (Å²) in [7, 11) is 0. The van der Waals surface area contributed by atoms with Crippen molar-refractivity contribution in [1.82, 2.24) is 15.0 Å². The molecule has 1 N–H and O–H groups in total. The number of hydrogen-bond donors (Lipinski definition) is 1. The molecule has 0 radical (unpaired) electrons. The Bertz CT molecular complexity index is 676. The molecule has 0 saturated carbocycles. The number of benzene rings is 1. The Morgan fingerprint density at radius 3 is 2.92 bits per heavy atom. The van der Waals surface area contributed by atoms with Crippen LogP contribution in [0, 0.1) is 5.92 Å². The van der Waals surface area contributed by atoms with Gasteiger partial charge in [-0.3, -0.25) is 4.90 Å². The fourth-order valence-corrected chi connectivity index (χ4v) is 4.03. The van der Waals surface area contributed by atoms with Gasteiger partial charge in [0.1, 0.15) is 0 Å². The molecule has 3 atom stereocenters. The molecule has 1 aromatic carbocycles. The number of aliphatic hydroxyl groups excluding tert-OH is 1. The summed E-state index contributed by atoms with van der Waals surface area (Å²) >= 11 is 0. The van der Waals surface area contributed by atoms with E-state index in [1.54, 1.807) is 0 Å². The Labute approximate surface area is 147 Å². The monoisotopic (exact) mass is 343 g/mol. The van der Waals surface area contributed by atoms with E-state index in [4.69, 9.17) is 9.26 Å². The second kappa shape index (κ2) is 7.64. The van der Waals surface area contributed by atoms with Crippen LogP contribution in [0.15, 0.2) is 34.9 Å². The summed E-state index contributed by atoms with van der Waals surface area (Å²) in [5.41, 5.74) is 0.971. The van der Waals surface area contributed by atoms with Crippen molar-refractivity contribution >= 4 is 0 Å². The van der Waals surface area contributed by atoms with Gasteiger partial charge in [-0.25, -0.2) is 0 Å². The van der Waals surface area contributed by atoms with Crippen molar-refractivity contribution in [2.75, 3.05) is 26.3 Å². The molecule has 6 nitrogen and oxygen atoms in total. The molecule has 1 aromatic heterocycles. The van der Waals surface area contributed by atoms with E-state index < -0.39 is 0 Å². The van der Waals surface area contributed by atoms with Crippen LogP contribution in [0.25, 0.3) is 11.4 Å². The molecule has 3 heterocycles. The second-order valence-corrected chi connectivity index (χ2v) is 6.97. The molecule has 2 aliphatic heterocycles. The van der Waals surface area contributed by atoms with Gasteiger partial charge in [0.05, 0.1) is 12.7 Å². The average molecular weight is 343 g/mol. The molecule has 134 valence electrons. The van der Waals surface area contributed by atoms with Crippen LogP contribution in [0.4, 0.5) is 0 Å². The number of ether oxygens (including phenoxy) is 1. The molecule has 2 aliphatic rings. The van der Waals surface area contributed by atoms with Crippen LogP contribution < -0.4 is 0 Å². The van der Waals surface area contributed by atoms with Crippen molar-refractivity contribution in [3.05, 3.63) is 36.2 Å². The third kappa shape index (κ3) is 3.76. The summed E-state index contributed by atoms with van der Waals surface area (Å²) in [5.74, 6) is 1.54. The first-order valence-electron chi connectivity index (χ1n) is 9.19. The Balaban J connectivity index is 1.37. The molecular weight excluding hydrogens is 318 g/mol. The first-order valence-corrected chi connectivity index (χ1v) is 9.19. The van der Waals surface area contributed by atoms with Crippen LogP contribution in [0.2, 0.25) is 0 Å². The highest BCUT2D eigenvalue weighted by molar-refractivity contribution is 5.53. The van der Waals surface area contributed by atoms with E-state index >= 15 is 0 Å². The molecule has 2 fully saturated rings. The number of hydrogen-bond acceptors (Lipinski definition) is 6. The molecule has 0 unspecified atom stereocenters. The molecule has 0 spiro atoms. The van der Waals surface area contributed by atoms with E-state index in [0.717, 1.165) is 37.9 Å². The summed E-state index contributed by atoms with van der Waals surface area (Å²) < 4.78 is 11.0. The van der Waals surface area contributed by atoms with E-state index in [2.05, 4.69) is 15.0 Å². The van der Waals surface area contributed by atoms with E-state index in [1.165, 1.54) is 6.42 Å². The minimum atomic E-state index is -0.243. The summed E-state index contributed by atoms with van der Waals surface area (Å²) in [5, 5.41) is 14.4. The normalized spacial score (nSPS) is 27.6. The van der Waals surface area contributed by atoms with Gasteiger partial charge in [-0.2, -0.15) is 4.98 Å². The zero-order valence-corrected chi connectivity index (χ0v) is 14.4. The molecule has 6 heteroatoms. The van der Waals surface area contributed by atoms with E-state index in [1.807, 2.05) is 30.3 Å². The maximum absolute atomic E-state index is 10.3. The molecule has 0 bridgehead atoms. The summed E-state index contributed by atoms with van der Waals surface area (Å²) in [4.78, 5) is 6.97. The van der Waals surface area contributed by atoms with Crippen LogP contribution >= 0.6 is 0 Å². The van der Waals surface area contributed by atoms with Gasteiger partial charge in [0.25, 0.3) is 0 Å². The zero-order chi connectivity index (χ0) is 17.1. The maximum atomic E-state index is 10.3. The van der Waals surface area contributed by atoms with Gasteiger partial charge < -0.3 is 14.4 Å². The van der Waals surface area contributed by atoms with Crippen molar-refractivity contribution in [1.29, 1.82) is 0 Å². The van der Waals surface area contributed by atoms with Crippen molar-refractivity contribution in [3.8, 4) is 11.4 Å². The Kier molecular flexibility index (Phi) is 5.10. The summed E-state index contributed by atoms with van der Waals surface area (Å²) in [6.07, 6.45) is 3.54. The molecule has 0 aliphatic carbocycles. The van der Waals surface area contributed by atoms with E-state index in [9.17, 15) is 5.11 Å². The van der Waals surface area contributed by atoms with Gasteiger partial charge in [0, 0.05) is 37.1 Å². The third-order valence-electron chi connectivity index (χ3n) is 5.38. The molecule has 2 saturated heterocycles. The lowest BCUT2D eigenvalue weighted by Crippen LogP contribution is -2.46. The van der Waals surface area contributed by atoms with Gasteiger partial charge in [-0.1, -0.05) is 35.5 Å². The van der Waals surface area contributed by atoms with Gasteiger partial charge >= 0.3 is 0 Å². The van der Waals surface area contributed by atoms with Crippen molar-refractivity contribution < 1.29 is 14.4 Å². The summed E-state index contributed by atoms with van der Waals surface area (Å²) in [6.45, 7) is 3.29. The second-order valence-electron chi connectivity index (χ2n) is 6.97. The highest BCUT2D eigenvalue weighted by atomic mass is 16.5. The maximum Gasteiger partial charge on any atom is 0.228 e. The van der Waals surface area contributed by atoms with Gasteiger partial charge in [0.2, 0.25) is 11.7 Å². The van der Waals surface area contributed by atoms with E-state index in [0.29, 0.717) is 31.0 Å². The molecule has 4 rings (SSSR count). The first-order chi connectivity index (χ1) is 12.3.